The molecule has 0 radical (unpaired) electrons. The molecule has 1 aromatic carbocycles. The Morgan fingerprint density at radius 1 is 1.06 bits per heavy atom. The fourth-order valence-electron chi connectivity index (χ4n) is 1.21. The van der Waals surface area contributed by atoms with Gasteiger partial charge in [0.05, 0.1) is 26.2 Å². The first-order chi connectivity index (χ1) is 8.19. The van der Waals surface area contributed by atoms with Crippen LogP contribution in [0.3, 0.4) is 0 Å². The molecular formula is C13H18O4. The Balaban J connectivity index is 0.00000121. The molecule has 4 heteroatoms. The number of hydrogen-bond acceptors (Lipinski definition) is 4. The average molecular weight is 238 g/mol. The maximum atomic E-state index is 11.3. The second-order valence-electron chi connectivity index (χ2n) is 2.90. The van der Waals surface area contributed by atoms with Crippen LogP contribution in [0, 0.1) is 0 Å². The molecule has 0 N–H and O–H groups in total. The highest BCUT2D eigenvalue weighted by Crippen LogP contribution is 2.11. The summed E-state index contributed by atoms with van der Waals surface area (Å²) >= 11 is 0. The number of rotatable bonds is 3. The van der Waals surface area contributed by atoms with E-state index in [1.807, 2.05) is 13.8 Å². The number of hydrogen-bond donors (Lipinski definition) is 0. The van der Waals surface area contributed by atoms with E-state index < -0.39 is 5.97 Å². The largest absolute Gasteiger partial charge is 0.469 e. The minimum absolute atomic E-state index is 0.0712. The maximum Gasteiger partial charge on any atom is 0.338 e. The van der Waals surface area contributed by atoms with Gasteiger partial charge in [-0.15, -0.1) is 0 Å². The van der Waals surface area contributed by atoms with Crippen molar-refractivity contribution >= 4 is 11.9 Å². The van der Waals surface area contributed by atoms with Gasteiger partial charge in [-0.05, 0) is 11.6 Å². The molecule has 0 saturated carbocycles. The zero-order valence-electron chi connectivity index (χ0n) is 10.6. The van der Waals surface area contributed by atoms with E-state index in [0.29, 0.717) is 11.1 Å². The minimum atomic E-state index is -0.450. The van der Waals surface area contributed by atoms with E-state index >= 15 is 0 Å². The molecule has 17 heavy (non-hydrogen) atoms. The number of benzene rings is 1. The summed E-state index contributed by atoms with van der Waals surface area (Å²) in [4.78, 5) is 22.4. The summed E-state index contributed by atoms with van der Waals surface area (Å²) in [5, 5.41) is 0. The molecule has 0 heterocycles. The average Bonchev–Trinajstić information content (AvgIpc) is 2.40. The van der Waals surface area contributed by atoms with E-state index in [4.69, 9.17) is 0 Å². The molecule has 0 amide bonds. The molecule has 0 aliphatic rings. The number of carbonyl (C=O) groups excluding carboxylic acids is 2. The first-order valence-electron chi connectivity index (χ1n) is 5.42. The number of carbonyl (C=O) groups is 2. The van der Waals surface area contributed by atoms with Crippen molar-refractivity contribution in [1.29, 1.82) is 0 Å². The van der Waals surface area contributed by atoms with E-state index in [0.717, 1.165) is 0 Å². The fraction of sp³-hybridized carbons (Fsp3) is 0.385. The fourth-order valence-corrected chi connectivity index (χ4v) is 1.21. The molecule has 0 aliphatic carbocycles. The number of methoxy groups -OCH3 is 2. The predicted octanol–water partition coefficient (Wildman–Crippen LogP) is 2.21. The Kier molecular flexibility index (Phi) is 7.43. The molecule has 0 saturated heterocycles. The Morgan fingerprint density at radius 3 is 2.18 bits per heavy atom. The summed E-state index contributed by atoms with van der Waals surface area (Å²) in [5.41, 5.74) is 1.00. The summed E-state index contributed by atoms with van der Waals surface area (Å²) in [5.74, 6) is -0.833. The summed E-state index contributed by atoms with van der Waals surface area (Å²) in [6, 6.07) is 6.78. The Morgan fingerprint density at radius 2 is 1.65 bits per heavy atom. The highest BCUT2D eigenvalue weighted by Gasteiger charge is 2.13. The second kappa shape index (κ2) is 8.33. The smallest absolute Gasteiger partial charge is 0.338 e. The maximum absolute atomic E-state index is 11.3. The van der Waals surface area contributed by atoms with Crippen molar-refractivity contribution in [2.24, 2.45) is 0 Å². The SMILES string of the molecule is CC.COC(=O)Cc1ccccc1C(=O)OC. The van der Waals surface area contributed by atoms with Crippen LogP contribution in [-0.4, -0.2) is 26.2 Å². The van der Waals surface area contributed by atoms with Crippen molar-refractivity contribution in [2.45, 2.75) is 20.3 Å². The van der Waals surface area contributed by atoms with Gasteiger partial charge in [-0.2, -0.15) is 0 Å². The van der Waals surface area contributed by atoms with Crippen molar-refractivity contribution in [3.05, 3.63) is 35.4 Å². The number of ether oxygens (including phenoxy) is 2. The molecule has 0 bridgehead atoms. The molecular weight excluding hydrogens is 220 g/mol. The third kappa shape index (κ3) is 4.68. The van der Waals surface area contributed by atoms with Crippen LogP contribution in [0.4, 0.5) is 0 Å². The van der Waals surface area contributed by atoms with Crippen molar-refractivity contribution in [1.82, 2.24) is 0 Å². The highest BCUT2D eigenvalue weighted by atomic mass is 16.5. The van der Waals surface area contributed by atoms with Crippen molar-refractivity contribution in [3.8, 4) is 0 Å². The van der Waals surface area contributed by atoms with E-state index in [1.54, 1.807) is 24.3 Å². The van der Waals surface area contributed by atoms with Gasteiger partial charge >= 0.3 is 11.9 Å². The monoisotopic (exact) mass is 238 g/mol. The van der Waals surface area contributed by atoms with Gasteiger partial charge < -0.3 is 9.47 Å². The van der Waals surface area contributed by atoms with Crippen LogP contribution in [0.1, 0.15) is 29.8 Å². The van der Waals surface area contributed by atoms with Gasteiger partial charge in [0.2, 0.25) is 0 Å². The first kappa shape index (κ1) is 15.2. The van der Waals surface area contributed by atoms with Crippen LogP contribution >= 0.6 is 0 Å². The molecule has 1 aromatic rings. The van der Waals surface area contributed by atoms with Crippen LogP contribution in [0.2, 0.25) is 0 Å². The topological polar surface area (TPSA) is 52.6 Å². The molecule has 4 nitrogen and oxygen atoms in total. The molecule has 94 valence electrons. The summed E-state index contributed by atoms with van der Waals surface area (Å²) in [7, 11) is 2.61. The lowest BCUT2D eigenvalue weighted by atomic mass is 10.1. The molecule has 1 rings (SSSR count). The van der Waals surface area contributed by atoms with Crippen LogP contribution in [-0.2, 0) is 20.7 Å². The Hall–Kier alpha value is -1.84. The van der Waals surface area contributed by atoms with Gasteiger partial charge in [-0.1, -0.05) is 32.0 Å². The highest BCUT2D eigenvalue weighted by molar-refractivity contribution is 5.92. The summed E-state index contributed by atoms with van der Waals surface area (Å²) in [6.45, 7) is 4.00. The molecule has 0 unspecified atom stereocenters. The van der Waals surface area contributed by atoms with Crippen LogP contribution in [0.5, 0.6) is 0 Å². The normalized spacial score (nSPS) is 8.71. The van der Waals surface area contributed by atoms with Crippen molar-refractivity contribution < 1.29 is 19.1 Å². The van der Waals surface area contributed by atoms with Crippen LogP contribution < -0.4 is 0 Å². The quantitative estimate of drug-likeness (QED) is 0.758. The second-order valence-corrected chi connectivity index (χ2v) is 2.90. The lowest BCUT2D eigenvalue weighted by Crippen LogP contribution is -2.10. The first-order valence-corrected chi connectivity index (χ1v) is 5.42. The molecule has 0 aliphatic heterocycles. The van der Waals surface area contributed by atoms with Gasteiger partial charge in [0.15, 0.2) is 0 Å². The Labute approximate surface area is 102 Å². The molecule has 0 fully saturated rings. The standard InChI is InChI=1S/C11H12O4.C2H6/c1-14-10(12)7-8-5-3-4-6-9(8)11(13)15-2;1-2/h3-6H,7H2,1-2H3;1-2H3. The predicted molar refractivity (Wildman–Crippen MR) is 64.8 cm³/mol. The van der Waals surface area contributed by atoms with Crippen molar-refractivity contribution in [3.63, 3.8) is 0 Å². The summed E-state index contributed by atoms with van der Waals surface area (Å²) < 4.78 is 9.13. The van der Waals surface area contributed by atoms with Crippen LogP contribution in [0.25, 0.3) is 0 Å². The zero-order chi connectivity index (χ0) is 13.3. The zero-order valence-corrected chi connectivity index (χ0v) is 10.6. The summed E-state index contributed by atoms with van der Waals surface area (Å²) in [6.07, 6.45) is 0.0712. The minimum Gasteiger partial charge on any atom is -0.469 e. The molecule has 0 atom stereocenters. The molecule has 0 spiro atoms. The van der Waals surface area contributed by atoms with E-state index in [9.17, 15) is 9.59 Å². The van der Waals surface area contributed by atoms with Crippen molar-refractivity contribution in [2.75, 3.05) is 14.2 Å². The number of esters is 2. The van der Waals surface area contributed by atoms with Gasteiger partial charge in [-0.25, -0.2) is 4.79 Å². The van der Waals surface area contributed by atoms with Gasteiger partial charge in [-0.3, -0.25) is 4.79 Å². The van der Waals surface area contributed by atoms with E-state index in [-0.39, 0.29) is 12.4 Å². The van der Waals surface area contributed by atoms with Gasteiger partial charge in [0.1, 0.15) is 0 Å². The van der Waals surface area contributed by atoms with Gasteiger partial charge in [0, 0.05) is 0 Å². The third-order valence-corrected chi connectivity index (χ3v) is 1.99. The lowest BCUT2D eigenvalue weighted by Gasteiger charge is -2.05. The lowest BCUT2D eigenvalue weighted by molar-refractivity contribution is -0.139. The van der Waals surface area contributed by atoms with Gasteiger partial charge in [0.25, 0.3) is 0 Å². The molecule has 0 aromatic heterocycles. The third-order valence-electron chi connectivity index (χ3n) is 1.99. The van der Waals surface area contributed by atoms with E-state index in [2.05, 4.69) is 9.47 Å². The van der Waals surface area contributed by atoms with E-state index in [1.165, 1.54) is 14.2 Å². The Bertz CT molecular complexity index is 371. The van der Waals surface area contributed by atoms with Crippen LogP contribution in [0.15, 0.2) is 24.3 Å².